The lowest BCUT2D eigenvalue weighted by molar-refractivity contribution is 0.414. The zero-order valence-electron chi connectivity index (χ0n) is 10.5. The van der Waals surface area contributed by atoms with Crippen molar-refractivity contribution in [3.8, 4) is 5.75 Å². The third-order valence-electron chi connectivity index (χ3n) is 3.54. The van der Waals surface area contributed by atoms with Crippen LogP contribution in [0.2, 0.25) is 0 Å². The Morgan fingerprint density at radius 2 is 2.06 bits per heavy atom. The highest BCUT2D eigenvalue weighted by molar-refractivity contribution is 5.36. The largest absolute Gasteiger partial charge is 0.497 e. The maximum atomic E-state index is 5.27. The number of rotatable bonds is 3. The average molecular weight is 239 g/mol. The Morgan fingerprint density at radius 1 is 1.17 bits per heavy atom. The molecule has 2 aromatic carbocycles. The summed E-state index contributed by atoms with van der Waals surface area (Å²) in [5.74, 6) is 0.929. The first-order chi connectivity index (χ1) is 8.86. The van der Waals surface area contributed by atoms with E-state index in [-0.39, 0.29) is 0 Å². The number of methoxy groups -OCH3 is 1. The van der Waals surface area contributed by atoms with E-state index in [0.717, 1.165) is 18.7 Å². The predicted octanol–water partition coefficient (Wildman–Crippen LogP) is 3.08. The van der Waals surface area contributed by atoms with E-state index < -0.39 is 0 Å². The summed E-state index contributed by atoms with van der Waals surface area (Å²) in [5, 5.41) is 3.57. The number of hydrogen-bond acceptors (Lipinski definition) is 2. The van der Waals surface area contributed by atoms with Gasteiger partial charge in [-0.25, -0.2) is 0 Å². The molecule has 1 aliphatic heterocycles. The molecule has 92 valence electrons. The SMILES string of the molecule is COc1cccc(CC2NCc3ccccc32)c1. The van der Waals surface area contributed by atoms with Gasteiger partial charge in [-0.1, -0.05) is 36.4 Å². The van der Waals surface area contributed by atoms with Crippen molar-refractivity contribution < 1.29 is 4.74 Å². The maximum Gasteiger partial charge on any atom is 0.119 e. The van der Waals surface area contributed by atoms with E-state index in [2.05, 4.69) is 47.8 Å². The average Bonchev–Trinajstić information content (AvgIpc) is 2.83. The van der Waals surface area contributed by atoms with E-state index in [1.807, 2.05) is 6.07 Å². The van der Waals surface area contributed by atoms with Gasteiger partial charge < -0.3 is 10.1 Å². The lowest BCUT2D eigenvalue weighted by atomic mass is 9.99. The van der Waals surface area contributed by atoms with Gasteiger partial charge in [0.1, 0.15) is 5.75 Å². The highest BCUT2D eigenvalue weighted by Crippen LogP contribution is 2.28. The van der Waals surface area contributed by atoms with Crippen LogP contribution in [0.15, 0.2) is 48.5 Å². The molecule has 2 nitrogen and oxygen atoms in total. The van der Waals surface area contributed by atoms with Crippen LogP contribution >= 0.6 is 0 Å². The van der Waals surface area contributed by atoms with Gasteiger partial charge in [0.15, 0.2) is 0 Å². The molecule has 0 saturated heterocycles. The number of nitrogens with one attached hydrogen (secondary N) is 1. The Hall–Kier alpha value is -1.80. The van der Waals surface area contributed by atoms with Gasteiger partial charge in [0.25, 0.3) is 0 Å². The predicted molar refractivity (Wildman–Crippen MR) is 72.7 cm³/mol. The van der Waals surface area contributed by atoms with Gasteiger partial charge in [-0.15, -0.1) is 0 Å². The first-order valence-electron chi connectivity index (χ1n) is 6.31. The molecule has 1 aliphatic rings. The molecule has 1 atom stereocenters. The van der Waals surface area contributed by atoms with E-state index in [0.29, 0.717) is 6.04 Å². The standard InChI is InChI=1S/C16H17NO/c1-18-14-7-4-5-12(9-14)10-16-15-8-3-2-6-13(15)11-17-16/h2-9,16-17H,10-11H2,1H3. The molecule has 0 radical (unpaired) electrons. The summed E-state index contributed by atoms with van der Waals surface area (Å²) in [6.45, 7) is 0.977. The molecule has 0 saturated carbocycles. The topological polar surface area (TPSA) is 21.3 Å². The van der Waals surface area contributed by atoms with Gasteiger partial charge in [-0.2, -0.15) is 0 Å². The van der Waals surface area contributed by atoms with Gasteiger partial charge in [0.05, 0.1) is 7.11 Å². The summed E-state index contributed by atoms with van der Waals surface area (Å²) in [4.78, 5) is 0. The molecule has 1 N–H and O–H groups in total. The smallest absolute Gasteiger partial charge is 0.119 e. The Kier molecular flexibility index (Phi) is 3.03. The lowest BCUT2D eigenvalue weighted by Crippen LogP contribution is -2.14. The van der Waals surface area contributed by atoms with E-state index in [4.69, 9.17) is 4.74 Å². The summed E-state index contributed by atoms with van der Waals surface area (Å²) >= 11 is 0. The van der Waals surface area contributed by atoms with E-state index in [1.54, 1.807) is 7.11 Å². The molecule has 0 aromatic heterocycles. The van der Waals surface area contributed by atoms with Gasteiger partial charge >= 0.3 is 0 Å². The maximum absolute atomic E-state index is 5.27. The van der Waals surface area contributed by atoms with Crippen LogP contribution in [0.4, 0.5) is 0 Å². The highest BCUT2D eigenvalue weighted by atomic mass is 16.5. The van der Waals surface area contributed by atoms with Crippen LogP contribution in [0.25, 0.3) is 0 Å². The van der Waals surface area contributed by atoms with Crippen LogP contribution in [0.1, 0.15) is 22.7 Å². The molecule has 2 aromatic rings. The molecule has 1 heterocycles. The summed E-state index contributed by atoms with van der Waals surface area (Å²) < 4.78 is 5.27. The van der Waals surface area contributed by atoms with Crippen molar-refractivity contribution in [2.75, 3.05) is 7.11 Å². The number of hydrogen-bond donors (Lipinski definition) is 1. The molecule has 0 amide bonds. The molecular weight excluding hydrogens is 222 g/mol. The zero-order chi connectivity index (χ0) is 12.4. The lowest BCUT2D eigenvalue weighted by Gasteiger charge is -2.12. The van der Waals surface area contributed by atoms with Crippen molar-refractivity contribution in [2.45, 2.75) is 19.0 Å². The molecule has 0 bridgehead atoms. The first-order valence-corrected chi connectivity index (χ1v) is 6.31. The van der Waals surface area contributed by atoms with Crippen LogP contribution in [-0.2, 0) is 13.0 Å². The van der Waals surface area contributed by atoms with Crippen molar-refractivity contribution >= 4 is 0 Å². The van der Waals surface area contributed by atoms with Crippen molar-refractivity contribution in [2.24, 2.45) is 0 Å². The second-order valence-corrected chi connectivity index (χ2v) is 4.69. The van der Waals surface area contributed by atoms with Crippen molar-refractivity contribution in [3.05, 3.63) is 65.2 Å². The van der Waals surface area contributed by atoms with Crippen molar-refractivity contribution in [1.82, 2.24) is 5.32 Å². The summed E-state index contributed by atoms with van der Waals surface area (Å²) in [7, 11) is 1.71. The van der Waals surface area contributed by atoms with Gasteiger partial charge in [-0.3, -0.25) is 0 Å². The quantitative estimate of drug-likeness (QED) is 0.888. The first kappa shape index (κ1) is 11.3. The van der Waals surface area contributed by atoms with E-state index in [1.165, 1.54) is 16.7 Å². The highest BCUT2D eigenvalue weighted by Gasteiger charge is 2.21. The third kappa shape index (κ3) is 2.12. The fourth-order valence-corrected chi connectivity index (χ4v) is 2.60. The van der Waals surface area contributed by atoms with E-state index >= 15 is 0 Å². The third-order valence-corrected chi connectivity index (χ3v) is 3.54. The molecule has 0 aliphatic carbocycles. The number of fused-ring (bicyclic) bond motifs is 1. The fourth-order valence-electron chi connectivity index (χ4n) is 2.60. The molecular formula is C16H17NO. The van der Waals surface area contributed by atoms with Crippen LogP contribution in [0, 0.1) is 0 Å². The Bertz CT molecular complexity index is 550. The Morgan fingerprint density at radius 3 is 2.94 bits per heavy atom. The second kappa shape index (κ2) is 4.83. The summed E-state index contributed by atoms with van der Waals surface area (Å²) in [5.41, 5.74) is 4.16. The van der Waals surface area contributed by atoms with Gasteiger partial charge in [0.2, 0.25) is 0 Å². The molecule has 18 heavy (non-hydrogen) atoms. The molecule has 3 rings (SSSR count). The molecule has 0 spiro atoms. The minimum atomic E-state index is 0.424. The number of benzene rings is 2. The van der Waals surface area contributed by atoms with Crippen LogP contribution in [-0.4, -0.2) is 7.11 Å². The van der Waals surface area contributed by atoms with Gasteiger partial charge in [-0.05, 0) is 35.2 Å². The zero-order valence-corrected chi connectivity index (χ0v) is 10.5. The van der Waals surface area contributed by atoms with Gasteiger partial charge in [0, 0.05) is 12.6 Å². The number of ether oxygens (including phenoxy) is 1. The van der Waals surface area contributed by atoms with E-state index in [9.17, 15) is 0 Å². The minimum absolute atomic E-state index is 0.424. The Labute approximate surface area is 108 Å². The van der Waals surface area contributed by atoms with Crippen LogP contribution in [0.3, 0.4) is 0 Å². The van der Waals surface area contributed by atoms with Crippen LogP contribution < -0.4 is 10.1 Å². The fraction of sp³-hybridized carbons (Fsp3) is 0.250. The second-order valence-electron chi connectivity index (χ2n) is 4.69. The molecule has 2 heteroatoms. The molecule has 0 fully saturated rings. The van der Waals surface area contributed by atoms with Crippen LogP contribution in [0.5, 0.6) is 5.75 Å². The minimum Gasteiger partial charge on any atom is -0.497 e. The van der Waals surface area contributed by atoms with Crippen molar-refractivity contribution in [1.29, 1.82) is 0 Å². The van der Waals surface area contributed by atoms with Crippen molar-refractivity contribution in [3.63, 3.8) is 0 Å². The summed E-state index contributed by atoms with van der Waals surface area (Å²) in [6.07, 6.45) is 1.01. The monoisotopic (exact) mass is 239 g/mol. The molecule has 1 unspecified atom stereocenters. The normalized spacial score (nSPS) is 17.5. The Balaban J connectivity index is 1.82. The summed E-state index contributed by atoms with van der Waals surface area (Å²) in [6, 6.07) is 17.4.